The molecular weight excluding hydrogens is 472 g/mol. The molecule has 2 aromatic heterocycles. The van der Waals surface area contributed by atoms with Gasteiger partial charge in [0.05, 0.1) is 23.2 Å². The van der Waals surface area contributed by atoms with Crippen LogP contribution in [-0.2, 0) is 17.7 Å². The van der Waals surface area contributed by atoms with Gasteiger partial charge in [-0.1, -0.05) is 6.07 Å². The van der Waals surface area contributed by atoms with Crippen molar-refractivity contribution in [3.63, 3.8) is 0 Å². The second-order valence-electron chi connectivity index (χ2n) is 10.8. The highest BCUT2D eigenvalue weighted by atomic mass is 32.1. The minimum atomic E-state index is -0.100. The van der Waals surface area contributed by atoms with Gasteiger partial charge in [0.15, 0.2) is 0 Å². The topological polar surface area (TPSA) is 68.9 Å². The van der Waals surface area contributed by atoms with Gasteiger partial charge < -0.3 is 19.5 Å². The molecule has 0 radical (unpaired) electrons. The summed E-state index contributed by atoms with van der Waals surface area (Å²) in [5.41, 5.74) is 3.37. The Morgan fingerprint density at radius 3 is 2.58 bits per heavy atom. The van der Waals surface area contributed by atoms with E-state index < -0.39 is 0 Å². The standard InChI is InChI=1S/C28H40N4O3S/c1-5-35-23-16-32(17-23)22-12-10-21(11-13-22)30(4)28-19(3)25-24(36-28)7-6-14-31(27(25)34)15-20-9-8-18(2)29-26(20)33/h8-9,21-23H,5-7,10-17H2,1-4H3,(H,29,33). The van der Waals surface area contributed by atoms with Gasteiger partial charge in [0.2, 0.25) is 0 Å². The molecule has 1 saturated carbocycles. The number of nitrogens with one attached hydrogen (secondary N) is 1. The first-order chi connectivity index (χ1) is 17.4. The van der Waals surface area contributed by atoms with Crippen LogP contribution in [0.25, 0.3) is 0 Å². The number of hydrogen-bond acceptors (Lipinski definition) is 6. The lowest BCUT2D eigenvalue weighted by molar-refractivity contribution is -0.0738. The molecule has 2 aliphatic heterocycles. The van der Waals surface area contributed by atoms with E-state index in [1.54, 1.807) is 11.3 Å². The Bertz CT molecular complexity index is 1140. The molecule has 0 atom stereocenters. The Hall–Kier alpha value is -2.16. The maximum atomic E-state index is 13.7. The van der Waals surface area contributed by atoms with E-state index in [9.17, 15) is 9.59 Å². The second kappa shape index (κ2) is 10.7. The van der Waals surface area contributed by atoms with Crippen LogP contribution >= 0.6 is 11.3 Å². The number of nitrogens with zero attached hydrogens (tertiary/aromatic N) is 3. The molecular formula is C28H40N4O3S. The van der Waals surface area contributed by atoms with Gasteiger partial charge in [0.25, 0.3) is 11.5 Å². The summed E-state index contributed by atoms with van der Waals surface area (Å²) in [7, 11) is 2.21. The first-order valence-electron chi connectivity index (χ1n) is 13.5. The fraction of sp³-hybridized carbons (Fsp3) is 0.643. The van der Waals surface area contributed by atoms with Gasteiger partial charge in [-0.15, -0.1) is 11.3 Å². The van der Waals surface area contributed by atoms with E-state index >= 15 is 0 Å². The van der Waals surface area contributed by atoms with Gasteiger partial charge in [-0.25, -0.2) is 0 Å². The monoisotopic (exact) mass is 512 g/mol. The van der Waals surface area contributed by atoms with Gasteiger partial charge in [-0.3, -0.25) is 14.5 Å². The predicted octanol–water partition coefficient (Wildman–Crippen LogP) is 4.11. The van der Waals surface area contributed by atoms with Crippen LogP contribution in [0.1, 0.15) is 71.1 Å². The number of anilines is 1. The molecule has 7 nitrogen and oxygen atoms in total. The minimum absolute atomic E-state index is 0.0706. The minimum Gasteiger partial charge on any atom is -0.376 e. The van der Waals surface area contributed by atoms with Gasteiger partial charge >= 0.3 is 0 Å². The number of fused-ring (bicyclic) bond motifs is 1. The highest BCUT2D eigenvalue weighted by Crippen LogP contribution is 2.41. The average Bonchev–Trinajstić information content (AvgIpc) is 3.08. The number of thiophene rings is 1. The third-order valence-corrected chi connectivity index (χ3v) is 9.80. The lowest BCUT2D eigenvalue weighted by Crippen LogP contribution is -2.57. The van der Waals surface area contributed by atoms with Crippen molar-refractivity contribution >= 4 is 22.2 Å². The number of carbonyl (C=O) groups excluding carboxylic acids is 1. The molecule has 2 aromatic rings. The summed E-state index contributed by atoms with van der Waals surface area (Å²) in [4.78, 5) is 37.1. The molecule has 3 aliphatic rings. The number of H-pyrrole nitrogens is 1. The summed E-state index contributed by atoms with van der Waals surface area (Å²) < 4.78 is 5.74. The van der Waals surface area contributed by atoms with Crippen LogP contribution < -0.4 is 10.5 Å². The number of aromatic amines is 1. The molecule has 1 N–H and O–H groups in total. The van der Waals surface area contributed by atoms with Crippen LogP contribution in [0.4, 0.5) is 5.00 Å². The van der Waals surface area contributed by atoms with Crippen LogP contribution in [0.2, 0.25) is 0 Å². The normalized spacial score (nSPS) is 23.3. The van der Waals surface area contributed by atoms with Crippen molar-refractivity contribution < 1.29 is 9.53 Å². The molecule has 0 bridgehead atoms. The number of hydrogen-bond donors (Lipinski definition) is 1. The Morgan fingerprint density at radius 2 is 1.89 bits per heavy atom. The Kier molecular flexibility index (Phi) is 7.56. The molecule has 36 heavy (non-hydrogen) atoms. The van der Waals surface area contributed by atoms with Crippen LogP contribution in [0, 0.1) is 13.8 Å². The summed E-state index contributed by atoms with van der Waals surface area (Å²) >= 11 is 1.81. The molecule has 1 amide bonds. The first-order valence-corrected chi connectivity index (χ1v) is 14.4. The lowest BCUT2D eigenvalue weighted by atomic mass is 9.87. The number of amides is 1. The number of carbonyl (C=O) groups is 1. The summed E-state index contributed by atoms with van der Waals surface area (Å²) in [5, 5.41) is 1.24. The van der Waals surface area contributed by atoms with E-state index in [4.69, 9.17) is 4.74 Å². The van der Waals surface area contributed by atoms with Crippen molar-refractivity contribution in [3.05, 3.63) is 49.7 Å². The Labute approximate surface area is 218 Å². The fourth-order valence-corrected chi connectivity index (χ4v) is 7.58. The number of aromatic nitrogens is 1. The second-order valence-corrected chi connectivity index (χ2v) is 11.8. The molecule has 1 saturated heterocycles. The van der Waals surface area contributed by atoms with Crippen molar-refractivity contribution in [1.29, 1.82) is 0 Å². The summed E-state index contributed by atoms with van der Waals surface area (Å²) in [5.74, 6) is 0.0706. The van der Waals surface area contributed by atoms with Gasteiger partial charge in [0.1, 0.15) is 0 Å². The average molecular weight is 513 g/mol. The highest BCUT2D eigenvalue weighted by molar-refractivity contribution is 7.16. The maximum absolute atomic E-state index is 13.7. The molecule has 8 heteroatoms. The van der Waals surface area contributed by atoms with Crippen molar-refractivity contribution in [3.8, 4) is 0 Å². The summed E-state index contributed by atoms with van der Waals surface area (Å²) in [6, 6.07) is 4.96. The maximum Gasteiger partial charge on any atom is 0.255 e. The smallest absolute Gasteiger partial charge is 0.255 e. The van der Waals surface area contributed by atoms with Gasteiger partial charge in [-0.05, 0) is 70.9 Å². The molecule has 0 aromatic carbocycles. The zero-order valence-electron chi connectivity index (χ0n) is 22.1. The first kappa shape index (κ1) is 25.5. The Morgan fingerprint density at radius 1 is 1.14 bits per heavy atom. The van der Waals surface area contributed by atoms with E-state index in [1.807, 2.05) is 24.0 Å². The third kappa shape index (κ3) is 5.00. The van der Waals surface area contributed by atoms with E-state index in [-0.39, 0.29) is 11.5 Å². The van der Waals surface area contributed by atoms with Gasteiger partial charge in [-0.2, -0.15) is 0 Å². The molecule has 0 unspecified atom stereocenters. The van der Waals surface area contributed by atoms with E-state index in [0.717, 1.165) is 49.4 Å². The van der Waals surface area contributed by atoms with E-state index in [2.05, 4.69) is 35.7 Å². The summed E-state index contributed by atoms with van der Waals surface area (Å²) in [6.45, 7) is 10.1. The zero-order chi connectivity index (χ0) is 25.4. The van der Waals surface area contributed by atoms with Crippen molar-refractivity contribution in [2.75, 3.05) is 38.2 Å². The molecule has 4 heterocycles. The van der Waals surface area contributed by atoms with Crippen LogP contribution in [0.15, 0.2) is 16.9 Å². The molecule has 1 aliphatic carbocycles. The quantitative estimate of drug-likeness (QED) is 0.605. The number of ether oxygens (including phenoxy) is 1. The van der Waals surface area contributed by atoms with Crippen molar-refractivity contribution in [1.82, 2.24) is 14.8 Å². The molecule has 0 spiro atoms. The molecule has 5 rings (SSSR count). The number of rotatable bonds is 7. The van der Waals surface area contributed by atoms with E-state index in [0.29, 0.717) is 36.8 Å². The number of pyridine rings is 1. The number of likely N-dealkylation sites (tertiary alicyclic amines) is 1. The van der Waals surface area contributed by atoms with Crippen LogP contribution in [0.3, 0.4) is 0 Å². The van der Waals surface area contributed by atoms with E-state index in [1.165, 1.54) is 35.6 Å². The van der Waals surface area contributed by atoms with Crippen molar-refractivity contribution in [2.45, 2.75) is 84.0 Å². The largest absolute Gasteiger partial charge is 0.376 e. The molecule has 196 valence electrons. The summed E-state index contributed by atoms with van der Waals surface area (Å²) in [6.07, 6.45) is 7.12. The predicted molar refractivity (Wildman–Crippen MR) is 145 cm³/mol. The third-order valence-electron chi connectivity index (χ3n) is 8.35. The van der Waals surface area contributed by atoms with Gasteiger partial charge in [0, 0.05) is 61.5 Å². The zero-order valence-corrected chi connectivity index (χ0v) is 23.0. The van der Waals surface area contributed by atoms with Crippen molar-refractivity contribution in [2.24, 2.45) is 0 Å². The lowest BCUT2D eigenvalue weighted by Gasteiger charge is -2.47. The number of aryl methyl sites for hydroxylation is 2. The Balaban J connectivity index is 1.25. The molecule has 2 fully saturated rings. The SMILES string of the molecule is CCOC1CN(C2CCC(N(C)c3sc4c(c3C)C(=O)N(Cc3ccc(C)[nH]c3=O)CCC4)CC2)C1. The highest BCUT2D eigenvalue weighted by Gasteiger charge is 2.36. The van der Waals surface area contributed by atoms with Crippen LogP contribution in [0.5, 0.6) is 0 Å². The van der Waals surface area contributed by atoms with Crippen LogP contribution in [-0.4, -0.2) is 72.2 Å². The fourth-order valence-electron chi connectivity index (χ4n) is 6.21.